The number of carbonyl (C=O) groups is 2. The molecule has 0 saturated carbocycles. The van der Waals surface area contributed by atoms with Gasteiger partial charge in [0.05, 0.1) is 24.8 Å². The molecule has 2 saturated heterocycles. The number of halogens is 1. The van der Waals surface area contributed by atoms with Crippen LogP contribution in [0.1, 0.15) is 19.8 Å². The number of anilines is 2. The van der Waals surface area contributed by atoms with Gasteiger partial charge in [-0.3, -0.25) is 14.5 Å². The average molecular weight is 471 g/mol. The van der Waals surface area contributed by atoms with E-state index in [0.717, 1.165) is 49.9 Å². The Morgan fingerprint density at radius 2 is 1.79 bits per heavy atom. The lowest BCUT2D eigenvalue weighted by Gasteiger charge is -2.36. The second-order valence-electron chi connectivity index (χ2n) is 8.37. The Morgan fingerprint density at radius 3 is 2.48 bits per heavy atom. The number of hydrogen-bond donors (Lipinski definition) is 1. The van der Waals surface area contributed by atoms with E-state index >= 15 is 0 Å². The van der Waals surface area contributed by atoms with Crippen LogP contribution in [0.2, 0.25) is 5.02 Å². The minimum Gasteiger partial charge on any atom is -0.494 e. The molecule has 4 rings (SSSR count). The number of amides is 2. The maximum absolute atomic E-state index is 12.8. The first-order chi connectivity index (χ1) is 16.0. The van der Waals surface area contributed by atoms with E-state index in [-0.39, 0.29) is 18.2 Å². The molecule has 2 amide bonds. The molecule has 33 heavy (non-hydrogen) atoms. The van der Waals surface area contributed by atoms with Crippen LogP contribution in [0, 0.1) is 0 Å². The molecule has 7 nitrogen and oxygen atoms in total. The van der Waals surface area contributed by atoms with E-state index in [1.54, 1.807) is 24.3 Å². The van der Waals surface area contributed by atoms with Gasteiger partial charge in [0.25, 0.3) is 5.91 Å². The van der Waals surface area contributed by atoms with Crippen molar-refractivity contribution < 1.29 is 14.3 Å². The minimum atomic E-state index is -0.455. The summed E-state index contributed by atoms with van der Waals surface area (Å²) in [4.78, 5) is 31.4. The molecule has 1 atom stereocenters. The summed E-state index contributed by atoms with van der Waals surface area (Å²) in [6, 6.07) is 14.6. The van der Waals surface area contributed by atoms with E-state index in [0.29, 0.717) is 18.8 Å². The lowest BCUT2D eigenvalue weighted by Crippen LogP contribution is -2.47. The molecule has 2 aliphatic rings. The fourth-order valence-electron chi connectivity index (χ4n) is 4.40. The van der Waals surface area contributed by atoms with Crippen molar-refractivity contribution in [2.75, 3.05) is 55.7 Å². The standard InChI is InChI=1S/C25H31ClN4O3/c1-2-33-22-9-7-20(8-10-22)30-24(31)18-23(25(30)32)27-11-4-12-28-13-15-29(16-14-28)21-6-3-5-19(26)17-21/h3,5-10,17,23,27H,2,4,11-16,18H2,1H3/t23-/m0/s1. The van der Waals surface area contributed by atoms with Gasteiger partial charge >= 0.3 is 0 Å². The van der Waals surface area contributed by atoms with Gasteiger partial charge in [-0.2, -0.15) is 0 Å². The molecule has 176 valence electrons. The zero-order valence-corrected chi connectivity index (χ0v) is 19.8. The highest BCUT2D eigenvalue weighted by Gasteiger charge is 2.39. The van der Waals surface area contributed by atoms with Gasteiger partial charge in [0.2, 0.25) is 5.91 Å². The molecule has 0 unspecified atom stereocenters. The summed E-state index contributed by atoms with van der Waals surface area (Å²) < 4.78 is 5.43. The van der Waals surface area contributed by atoms with Crippen LogP contribution in [0.3, 0.4) is 0 Å². The number of carbonyl (C=O) groups excluding carboxylic acids is 2. The Morgan fingerprint density at radius 1 is 1.03 bits per heavy atom. The van der Waals surface area contributed by atoms with Gasteiger partial charge in [-0.05, 0) is 68.9 Å². The third-order valence-electron chi connectivity index (χ3n) is 6.14. The summed E-state index contributed by atoms with van der Waals surface area (Å²) in [5.41, 5.74) is 1.76. The molecular formula is C25H31ClN4O3. The number of rotatable bonds is 9. The number of nitrogens with zero attached hydrogens (tertiary/aromatic N) is 3. The molecular weight excluding hydrogens is 440 g/mol. The molecule has 2 aromatic carbocycles. The molecule has 1 N–H and O–H groups in total. The minimum absolute atomic E-state index is 0.168. The highest BCUT2D eigenvalue weighted by Crippen LogP contribution is 2.25. The van der Waals surface area contributed by atoms with Gasteiger partial charge in [-0.1, -0.05) is 17.7 Å². The van der Waals surface area contributed by atoms with E-state index in [1.165, 1.54) is 10.6 Å². The number of imide groups is 1. The first-order valence-electron chi connectivity index (χ1n) is 11.6. The average Bonchev–Trinajstić information content (AvgIpc) is 3.11. The molecule has 8 heteroatoms. The summed E-state index contributed by atoms with van der Waals surface area (Å²) in [6.07, 6.45) is 1.13. The SMILES string of the molecule is CCOc1ccc(N2C(=O)C[C@H](NCCCN3CCN(c4cccc(Cl)c4)CC3)C2=O)cc1. The van der Waals surface area contributed by atoms with Crippen molar-refractivity contribution in [1.82, 2.24) is 10.2 Å². The molecule has 0 bridgehead atoms. The Hall–Kier alpha value is -2.61. The number of ether oxygens (including phenoxy) is 1. The number of hydrogen-bond acceptors (Lipinski definition) is 6. The lowest BCUT2D eigenvalue weighted by atomic mass is 10.2. The first-order valence-corrected chi connectivity index (χ1v) is 12.0. The van der Waals surface area contributed by atoms with Crippen molar-refractivity contribution in [3.8, 4) is 5.75 Å². The first kappa shape index (κ1) is 23.5. The van der Waals surface area contributed by atoms with Crippen molar-refractivity contribution in [2.45, 2.75) is 25.8 Å². The molecule has 2 aliphatic heterocycles. The molecule has 2 heterocycles. The van der Waals surface area contributed by atoms with Crippen LogP contribution < -0.4 is 19.9 Å². The Bertz CT molecular complexity index is 960. The van der Waals surface area contributed by atoms with Crippen LogP contribution in [0.15, 0.2) is 48.5 Å². The van der Waals surface area contributed by atoms with Gasteiger partial charge in [0, 0.05) is 36.9 Å². The van der Waals surface area contributed by atoms with E-state index in [4.69, 9.17) is 16.3 Å². The Kier molecular flexibility index (Phi) is 7.85. The second-order valence-corrected chi connectivity index (χ2v) is 8.80. The van der Waals surface area contributed by atoms with Crippen LogP contribution in [0.25, 0.3) is 0 Å². The molecule has 2 aromatic rings. The summed E-state index contributed by atoms with van der Waals surface area (Å²) in [5, 5.41) is 4.05. The van der Waals surface area contributed by atoms with Crippen LogP contribution in [-0.2, 0) is 9.59 Å². The quantitative estimate of drug-likeness (QED) is 0.448. The van der Waals surface area contributed by atoms with E-state index in [9.17, 15) is 9.59 Å². The van der Waals surface area contributed by atoms with Crippen molar-refractivity contribution in [3.05, 3.63) is 53.6 Å². The zero-order chi connectivity index (χ0) is 23.2. The van der Waals surface area contributed by atoms with Crippen molar-refractivity contribution in [1.29, 1.82) is 0 Å². The molecule has 0 aromatic heterocycles. The van der Waals surface area contributed by atoms with Crippen LogP contribution in [-0.4, -0.2) is 68.6 Å². The smallest absolute Gasteiger partial charge is 0.251 e. The van der Waals surface area contributed by atoms with Gasteiger partial charge in [-0.15, -0.1) is 0 Å². The third-order valence-corrected chi connectivity index (χ3v) is 6.38. The summed E-state index contributed by atoms with van der Waals surface area (Å²) in [6.45, 7) is 8.10. The van der Waals surface area contributed by atoms with Gasteiger partial charge in [-0.25, -0.2) is 4.90 Å². The molecule has 0 spiro atoms. The fourth-order valence-corrected chi connectivity index (χ4v) is 4.59. The van der Waals surface area contributed by atoms with Crippen molar-refractivity contribution >= 4 is 34.8 Å². The molecule has 2 fully saturated rings. The normalized spacial score (nSPS) is 19.4. The summed E-state index contributed by atoms with van der Waals surface area (Å²) in [5.74, 6) is 0.376. The topological polar surface area (TPSA) is 65.1 Å². The molecule has 0 aliphatic carbocycles. The number of piperazine rings is 1. The fraction of sp³-hybridized carbons (Fsp3) is 0.440. The summed E-state index contributed by atoms with van der Waals surface area (Å²) in [7, 11) is 0. The lowest BCUT2D eigenvalue weighted by molar-refractivity contribution is -0.121. The van der Waals surface area contributed by atoms with E-state index in [2.05, 4.69) is 21.2 Å². The van der Waals surface area contributed by atoms with Crippen LogP contribution >= 0.6 is 11.6 Å². The Balaban J connectivity index is 1.19. The van der Waals surface area contributed by atoms with Crippen molar-refractivity contribution in [3.63, 3.8) is 0 Å². The second kappa shape index (κ2) is 11.0. The predicted molar refractivity (Wildman–Crippen MR) is 131 cm³/mol. The monoisotopic (exact) mass is 470 g/mol. The molecule has 0 radical (unpaired) electrons. The van der Waals surface area contributed by atoms with Crippen LogP contribution in [0.4, 0.5) is 11.4 Å². The third kappa shape index (κ3) is 5.85. The van der Waals surface area contributed by atoms with E-state index < -0.39 is 6.04 Å². The van der Waals surface area contributed by atoms with Gasteiger partial charge < -0.3 is 15.0 Å². The number of benzene rings is 2. The van der Waals surface area contributed by atoms with Crippen molar-refractivity contribution in [2.24, 2.45) is 0 Å². The predicted octanol–water partition coefficient (Wildman–Crippen LogP) is 3.17. The summed E-state index contributed by atoms with van der Waals surface area (Å²) >= 11 is 6.11. The maximum Gasteiger partial charge on any atom is 0.251 e. The van der Waals surface area contributed by atoms with Gasteiger partial charge in [0.15, 0.2) is 0 Å². The highest BCUT2D eigenvalue weighted by atomic mass is 35.5. The number of nitrogens with one attached hydrogen (secondary N) is 1. The Labute approximate surface area is 200 Å². The zero-order valence-electron chi connectivity index (χ0n) is 19.0. The largest absolute Gasteiger partial charge is 0.494 e. The van der Waals surface area contributed by atoms with Gasteiger partial charge in [0.1, 0.15) is 5.75 Å². The van der Waals surface area contributed by atoms with E-state index in [1.807, 2.05) is 25.1 Å². The highest BCUT2D eigenvalue weighted by molar-refractivity contribution is 6.30. The maximum atomic E-state index is 12.8. The van der Waals surface area contributed by atoms with Crippen LogP contribution in [0.5, 0.6) is 5.75 Å².